The molecule has 0 rings (SSSR count). The van der Waals surface area contributed by atoms with Crippen LogP contribution in [0.15, 0.2) is 0 Å². The first-order valence-corrected chi connectivity index (χ1v) is 67.9. The molecule has 8 nitrogen and oxygen atoms in total. The summed E-state index contributed by atoms with van der Waals surface area (Å²) in [6.45, 7) is 93.9. The van der Waals surface area contributed by atoms with Crippen molar-refractivity contribution in [1.82, 2.24) is 0 Å². The molecule has 0 fully saturated rings. The van der Waals surface area contributed by atoms with Crippen LogP contribution in [0.3, 0.4) is 0 Å². The Morgan fingerprint density at radius 3 is 0.371 bits per heavy atom. The maximum atomic E-state index is 7.00. The standard InChI is InChI=1S/6C6H18NSi2.2C6H14.2Ce.O2/c6*1-8(2,3)7-9(4,5)6;1-4-6(3)5-2;1-3-5-6-4-2;;;1-2/h6*1-6H3;6H,4-5H2,1-3H3;3-6H2,1-2H3;;;/q6*-1;;;+3;+4;-1. The van der Waals surface area contributed by atoms with E-state index in [-0.39, 0.29) is 83.5 Å². The third-order valence-corrected chi connectivity index (χ3v) is 38.6. The summed E-state index contributed by atoms with van der Waals surface area (Å²) < 4.78 is 28.9. The Bertz CT molecular complexity index is 824. The molecule has 70 heavy (non-hydrogen) atoms. The van der Waals surface area contributed by atoms with Crippen LogP contribution in [0.25, 0.3) is 27.9 Å². The SMILES string of the molecule is CCC(C)CC.CCCCCC.C[Si](C)(C)[N-][Si](C)(C)C.C[Si](C)(C)[N-][Si](C)(C)C.C[Si](C)(C)[N-][Si](C)(C)C.C[Si](C)(C)[N-][Si](C)(C)C.C[Si](C)(C)[N-][Si](C)(C)C.C[Si](C)(C)[N-][Si](C)(C)C.[Ce+3].[Ce+4].[O][O-]. The van der Waals surface area contributed by atoms with Crippen molar-refractivity contribution in [3.05, 3.63) is 27.9 Å². The average Bonchev–Trinajstić information content (AvgIpc) is 2.91. The first-order valence-electron chi connectivity index (χ1n) is 26.6. The molecule has 0 aromatic heterocycles. The van der Waals surface area contributed by atoms with Gasteiger partial charge in [-0.05, 0) is 5.92 Å². The van der Waals surface area contributed by atoms with Crippen LogP contribution < -0.4 is 5.26 Å². The van der Waals surface area contributed by atoms with Crippen molar-refractivity contribution in [2.24, 2.45) is 5.92 Å². The van der Waals surface area contributed by atoms with Crippen LogP contribution >= 0.6 is 0 Å². The first kappa shape index (κ1) is 100. The van der Waals surface area contributed by atoms with Gasteiger partial charge in [0.1, 0.15) is 0 Å². The zero-order valence-electron chi connectivity index (χ0n) is 56.3. The molecular weight excluding hydrogens is 1310 g/mol. The summed E-state index contributed by atoms with van der Waals surface area (Å²) in [4.78, 5) is 0. The van der Waals surface area contributed by atoms with Crippen molar-refractivity contribution in [3.8, 4) is 0 Å². The summed E-state index contributed by atoms with van der Waals surface area (Å²) in [6.07, 6.45) is 8.20. The molecule has 0 unspecified atom stereocenters. The monoisotopic (exact) mass is 1440 g/mol. The van der Waals surface area contributed by atoms with Crippen molar-refractivity contribution >= 4 is 98.8 Å². The van der Waals surface area contributed by atoms with Crippen LogP contribution in [-0.4, -0.2) is 98.8 Å². The largest absolute Gasteiger partial charge is 4.00 e. The Kier molecular flexibility index (Phi) is 66.8. The molecule has 0 atom stereocenters. The van der Waals surface area contributed by atoms with Gasteiger partial charge in [-0.3, -0.25) is 0 Å². The van der Waals surface area contributed by atoms with E-state index in [9.17, 15) is 0 Å². The van der Waals surface area contributed by atoms with Crippen molar-refractivity contribution in [2.45, 2.75) is 309 Å². The predicted octanol–water partition coefficient (Wildman–Crippen LogP) is 21.9. The number of hydrogen-bond acceptors (Lipinski definition) is 1. The van der Waals surface area contributed by atoms with Gasteiger partial charge in [0.2, 0.25) is 0 Å². The van der Waals surface area contributed by atoms with Gasteiger partial charge in [0.25, 0.3) is 0 Å². The third-order valence-electron chi connectivity index (χ3n) is 6.38. The van der Waals surface area contributed by atoms with E-state index >= 15 is 0 Å². The Labute approximate surface area is 528 Å². The molecule has 0 aliphatic rings. The van der Waals surface area contributed by atoms with Crippen molar-refractivity contribution in [3.63, 3.8) is 0 Å². The van der Waals surface area contributed by atoms with E-state index in [0.29, 0.717) is 0 Å². The second-order valence-electron chi connectivity index (χ2n) is 30.3. The topological polar surface area (TPSA) is 128 Å². The summed E-state index contributed by atoms with van der Waals surface area (Å²) in [5.41, 5.74) is 0. The second-order valence-corrected chi connectivity index (χ2v) is 87.8. The van der Waals surface area contributed by atoms with E-state index in [1.165, 1.54) is 38.5 Å². The second kappa shape index (κ2) is 46.6. The van der Waals surface area contributed by atoms with Crippen LogP contribution in [-0.2, 0) is 5.26 Å². The quantitative estimate of drug-likeness (QED) is 0.0611. The number of hydrogen-bond donors (Lipinski definition) is 0. The van der Waals surface area contributed by atoms with Gasteiger partial charge in [-0.2, -0.15) is 0 Å². The Morgan fingerprint density at radius 1 is 0.271 bits per heavy atom. The van der Waals surface area contributed by atoms with Crippen molar-refractivity contribution in [2.75, 3.05) is 0 Å². The minimum Gasteiger partial charge on any atom is -0.693 e. The molecule has 0 aliphatic heterocycles. The summed E-state index contributed by atoms with van der Waals surface area (Å²) in [7, 11) is -13.3. The Morgan fingerprint density at radius 2 is 0.357 bits per heavy atom. The van der Waals surface area contributed by atoms with Crippen molar-refractivity contribution < 1.29 is 94.0 Å². The molecule has 0 saturated carbocycles. The fourth-order valence-corrected chi connectivity index (χ4v) is 55.1. The van der Waals surface area contributed by atoms with Gasteiger partial charge in [0.05, 0.1) is 0 Å². The Balaban J connectivity index is -0.0000000628. The minimum atomic E-state index is -1.11. The zero-order chi connectivity index (χ0) is 58.1. The summed E-state index contributed by atoms with van der Waals surface area (Å²) >= 11 is 0. The minimum absolute atomic E-state index is 0. The average molecular weight is 1450 g/mol. The molecule has 0 saturated heterocycles. The van der Waals surface area contributed by atoms with Gasteiger partial charge < -0.3 is 38.4 Å². The van der Waals surface area contributed by atoms with Gasteiger partial charge in [-0.1, -0.05) is 408 Å². The van der Waals surface area contributed by atoms with E-state index in [1.807, 2.05) is 0 Å². The fraction of sp³-hybridized carbons (Fsp3) is 1.00. The summed E-state index contributed by atoms with van der Waals surface area (Å²) in [5, 5.41) is 14.0. The fourth-order valence-electron chi connectivity index (χ4n) is 6.83. The molecule has 0 aromatic carbocycles. The predicted molar refractivity (Wildman–Crippen MR) is 361 cm³/mol. The zero-order valence-corrected chi connectivity index (χ0v) is 74.6. The van der Waals surface area contributed by atoms with Crippen molar-refractivity contribution in [1.29, 1.82) is 0 Å². The smallest absolute Gasteiger partial charge is 0.693 e. The van der Waals surface area contributed by atoms with Gasteiger partial charge in [-0.25, -0.2) is 0 Å². The van der Waals surface area contributed by atoms with Gasteiger partial charge in [0.15, 0.2) is 0 Å². The number of rotatable bonds is 17. The van der Waals surface area contributed by atoms with E-state index in [0.717, 1.165) is 5.92 Å². The molecule has 0 N–H and O–H groups in total. The number of unbranched alkanes of at least 4 members (excludes halogenated alkanes) is 3. The van der Waals surface area contributed by atoms with Gasteiger partial charge in [-0.15, -0.1) is 0 Å². The normalized spacial score (nSPS) is 12.5. The molecule has 2 radical (unpaired) electrons. The van der Waals surface area contributed by atoms with Gasteiger partial charge in [0, 0.05) is 0 Å². The van der Waals surface area contributed by atoms with E-state index in [1.54, 1.807) is 0 Å². The van der Waals surface area contributed by atoms with E-state index in [4.69, 9.17) is 38.4 Å². The molecule has 0 aromatic rings. The third kappa shape index (κ3) is 164. The maximum Gasteiger partial charge on any atom is 4.00 e. The Hall–Kier alpha value is 5.04. The molecule has 426 valence electrons. The van der Waals surface area contributed by atoms with Crippen LogP contribution in [0.1, 0.15) is 73.1 Å². The number of nitrogens with zero attached hydrogens (tertiary/aromatic N) is 6. The summed E-state index contributed by atoms with van der Waals surface area (Å²) in [6, 6.07) is 0. The molecule has 0 amide bonds. The van der Waals surface area contributed by atoms with E-state index < -0.39 is 98.8 Å². The molecule has 0 heterocycles. The molecule has 0 bridgehead atoms. The molecule has 0 aliphatic carbocycles. The van der Waals surface area contributed by atoms with Crippen LogP contribution in [0.4, 0.5) is 0 Å². The van der Waals surface area contributed by atoms with Crippen LogP contribution in [0.2, 0.25) is 236 Å². The summed E-state index contributed by atoms with van der Waals surface area (Å²) in [5.74, 6) is 0.935. The molecule has 22 heteroatoms. The first-order chi connectivity index (χ1) is 29.0. The molecular formula is C48H136Ce2N6O2Si12. The van der Waals surface area contributed by atoms with Gasteiger partial charge >= 0.3 is 83.5 Å². The van der Waals surface area contributed by atoms with Crippen LogP contribution in [0.5, 0.6) is 0 Å². The van der Waals surface area contributed by atoms with E-state index in [2.05, 4.69) is 270 Å². The maximum absolute atomic E-state index is 7.00. The van der Waals surface area contributed by atoms with Crippen LogP contribution in [0, 0.1) is 89.4 Å². The molecule has 0 spiro atoms.